The summed E-state index contributed by atoms with van der Waals surface area (Å²) >= 11 is 0. The Labute approximate surface area is 181 Å². The lowest BCUT2D eigenvalue weighted by atomic mass is 10.2. The Morgan fingerprint density at radius 1 is 1.11 bits per heavy atom. The van der Waals surface area contributed by atoms with Gasteiger partial charge in [0.2, 0.25) is 0 Å². The molecule has 3 aromatic rings. The molecule has 3 rings (SSSR count). The van der Waals surface area contributed by atoms with E-state index >= 15 is 0 Å². The van der Waals surface area contributed by atoms with E-state index in [1.165, 1.54) is 0 Å². The van der Waals surface area contributed by atoms with Crippen molar-refractivity contribution in [1.82, 2.24) is 25.2 Å². The molecule has 0 fully saturated rings. The van der Waals surface area contributed by atoms with Gasteiger partial charge in [0.05, 0.1) is 14.2 Å². The van der Waals surface area contributed by atoms with Crippen LogP contribution in [0.3, 0.4) is 0 Å². The first-order chi connectivity index (χ1) is 13.2. The Morgan fingerprint density at radius 2 is 1.96 bits per heavy atom. The fraction of sp³-hybridized carbons (Fsp3) is 0.316. The van der Waals surface area contributed by atoms with Crippen LogP contribution in [-0.2, 0) is 13.0 Å². The van der Waals surface area contributed by atoms with E-state index < -0.39 is 0 Å². The van der Waals surface area contributed by atoms with Gasteiger partial charge >= 0.3 is 0 Å². The Morgan fingerprint density at radius 3 is 2.71 bits per heavy atom. The minimum atomic E-state index is 0. The smallest absolute Gasteiger partial charge is 0.191 e. The molecule has 1 aromatic carbocycles. The van der Waals surface area contributed by atoms with Gasteiger partial charge in [0.1, 0.15) is 17.3 Å². The summed E-state index contributed by atoms with van der Waals surface area (Å²) in [7, 11) is 5.03. The highest BCUT2D eigenvalue weighted by atomic mass is 127. The number of fused-ring (bicyclic) bond motifs is 1. The molecule has 2 N–H and O–H groups in total. The minimum absolute atomic E-state index is 0. The Balaban J connectivity index is 0.00000280. The number of nitrogens with one attached hydrogen (secondary N) is 2. The van der Waals surface area contributed by atoms with Gasteiger partial charge in [0.15, 0.2) is 11.6 Å². The van der Waals surface area contributed by atoms with Crippen LogP contribution in [0.1, 0.15) is 11.4 Å². The quantitative estimate of drug-likeness (QED) is 0.297. The number of nitrogens with zero attached hydrogens (tertiary/aromatic N) is 4. The van der Waals surface area contributed by atoms with Gasteiger partial charge in [-0.15, -0.1) is 34.2 Å². The molecule has 0 bridgehead atoms. The first-order valence-corrected chi connectivity index (χ1v) is 8.69. The predicted octanol–water partition coefficient (Wildman–Crippen LogP) is 2.27. The molecular formula is C19H25IN6O2. The summed E-state index contributed by atoms with van der Waals surface area (Å²) in [6, 6.07) is 11.6. The lowest BCUT2D eigenvalue weighted by Crippen LogP contribution is -2.38. The standard InChI is InChI=1S/C19H24N6O2.HI/c1-20-19(22-13-14-7-8-15(26-2)12-16(14)27-3)21-10-9-18-24-23-17-6-4-5-11-25(17)18;/h4-8,11-12H,9-10,13H2,1-3H3,(H2,20,21,22);1H. The zero-order valence-corrected chi connectivity index (χ0v) is 18.5. The summed E-state index contributed by atoms with van der Waals surface area (Å²) in [5.41, 5.74) is 1.87. The Hall–Kier alpha value is -2.56. The number of aromatic nitrogens is 3. The summed E-state index contributed by atoms with van der Waals surface area (Å²) in [6.45, 7) is 1.27. The zero-order chi connectivity index (χ0) is 19.1. The number of hydrogen-bond acceptors (Lipinski definition) is 5. The van der Waals surface area contributed by atoms with E-state index in [1.54, 1.807) is 21.3 Å². The van der Waals surface area contributed by atoms with Crippen molar-refractivity contribution in [2.24, 2.45) is 4.99 Å². The number of methoxy groups -OCH3 is 2. The van der Waals surface area contributed by atoms with Crippen LogP contribution in [0.2, 0.25) is 0 Å². The normalized spacial score (nSPS) is 11.0. The second kappa shape index (κ2) is 10.7. The Kier molecular flexibility index (Phi) is 8.30. The van der Waals surface area contributed by atoms with Gasteiger partial charge in [-0.25, -0.2) is 0 Å². The van der Waals surface area contributed by atoms with Crippen molar-refractivity contribution in [3.8, 4) is 11.5 Å². The Bertz CT molecular complexity index is 928. The molecule has 0 unspecified atom stereocenters. The third kappa shape index (κ3) is 5.24. The van der Waals surface area contributed by atoms with Gasteiger partial charge in [0.25, 0.3) is 0 Å². The van der Waals surface area contributed by atoms with E-state index in [0.717, 1.165) is 35.0 Å². The largest absolute Gasteiger partial charge is 0.497 e. The first-order valence-electron chi connectivity index (χ1n) is 8.69. The molecule has 0 aliphatic heterocycles. The van der Waals surface area contributed by atoms with E-state index in [9.17, 15) is 0 Å². The average molecular weight is 496 g/mol. The molecule has 150 valence electrons. The van der Waals surface area contributed by atoms with E-state index in [-0.39, 0.29) is 24.0 Å². The van der Waals surface area contributed by atoms with Gasteiger partial charge in [-0.05, 0) is 24.3 Å². The molecule has 0 saturated heterocycles. The van der Waals surface area contributed by atoms with Crippen LogP contribution < -0.4 is 20.1 Å². The van der Waals surface area contributed by atoms with Crippen LogP contribution >= 0.6 is 24.0 Å². The summed E-state index contributed by atoms with van der Waals surface area (Å²) in [5.74, 6) is 3.15. The number of guanidine groups is 1. The third-order valence-electron chi connectivity index (χ3n) is 4.19. The van der Waals surface area contributed by atoms with Gasteiger partial charge in [-0.2, -0.15) is 0 Å². The maximum absolute atomic E-state index is 5.43. The van der Waals surface area contributed by atoms with Crippen molar-refractivity contribution >= 4 is 35.6 Å². The molecule has 9 heteroatoms. The molecule has 0 saturated carbocycles. The molecule has 0 radical (unpaired) electrons. The number of rotatable bonds is 7. The fourth-order valence-electron chi connectivity index (χ4n) is 2.75. The zero-order valence-electron chi connectivity index (χ0n) is 16.2. The predicted molar refractivity (Wildman–Crippen MR) is 120 cm³/mol. The second-order valence-electron chi connectivity index (χ2n) is 5.83. The van der Waals surface area contributed by atoms with Crippen molar-refractivity contribution in [1.29, 1.82) is 0 Å². The molecule has 0 amide bonds. The molecule has 0 aliphatic carbocycles. The monoisotopic (exact) mass is 496 g/mol. The lowest BCUT2D eigenvalue weighted by molar-refractivity contribution is 0.390. The highest BCUT2D eigenvalue weighted by Crippen LogP contribution is 2.24. The van der Waals surface area contributed by atoms with Gasteiger partial charge < -0.3 is 20.1 Å². The average Bonchev–Trinajstić information content (AvgIpc) is 3.13. The van der Waals surface area contributed by atoms with Gasteiger partial charge in [-0.1, -0.05) is 6.07 Å². The van der Waals surface area contributed by atoms with Gasteiger partial charge in [-0.3, -0.25) is 9.39 Å². The van der Waals surface area contributed by atoms with Crippen molar-refractivity contribution in [2.45, 2.75) is 13.0 Å². The van der Waals surface area contributed by atoms with Crippen molar-refractivity contribution in [3.05, 3.63) is 54.0 Å². The van der Waals surface area contributed by atoms with E-state index in [1.807, 2.05) is 47.0 Å². The fourth-order valence-corrected chi connectivity index (χ4v) is 2.75. The summed E-state index contributed by atoms with van der Waals surface area (Å²) in [5, 5.41) is 15.0. The number of aliphatic imine (C=N–C) groups is 1. The van der Waals surface area contributed by atoms with Crippen LogP contribution in [0.5, 0.6) is 11.5 Å². The number of hydrogen-bond donors (Lipinski definition) is 2. The number of pyridine rings is 1. The second-order valence-corrected chi connectivity index (χ2v) is 5.83. The minimum Gasteiger partial charge on any atom is -0.497 e. The van der Waals surface area contributed by atoms with E-state index in [0.29, 0.717) is 19.0 Å². The summed E-state index contributed by atoms with van der Waals surface area (Å²) in [6.07, 6.45) is 2.70. The highest BCUT2D eigenvalue weighted by molar-refractivity contribution is 14.0. The molecule has 0 aliphatic rings. The molecule has 28 heavy (non-hydrogen) atoms. The summed E-state index contributed by atoms with van der Waals surface area (Å²) < 4.78 is 12.6. The molecule has 2 aromatic heterocycles. The van der Waals surface area contributed by atoms with E-state index in [2.05, 4.69) is 25.8 Å². The van der Waals surface area contributed by atoms with Crippen LogP contribution in [-0.4, -0.2) is 48.4 Å². The van der Waals surface area contributed by atoms with Crippen LogP contribution in [0.25, 0.3) is 5.65 Å². The molecule has 0 atom stereocenters. The lowest BCUT2D eigenvalue weighted by Gasteiger charge is -2.14. The van der Waals surface area contributed by atoms with Crippen molar-refractivity contribution in [3.63, 3.8) is 0 Å². The first kappa shape index (κ1) is 21.7. The molecular weight excluding hydrogens is 471 g/mol. The molecule has 0 spiro atoms. The topological polar surface area (TPSA) is 85.1 Å². The SMILES string of the molecule is CN=C(NCCc1nnc2ccccn12)NCc1ccc(OC)cc1OC.I. The van der Waals surface area contributed by atoms with Crippen LogP contribution in [0.4, 0.5) is 0 Å². The summed E-state index contributed by atoms with van der Waals surface area (Å²) in [4.78, 5) is 4.26. The third-order valence-corrected chi connectivity index (χ3v) is 4.19. The highest BCUT2D eigenvalue weighted by Gasteiger charge is 2.07. The maximum atomic E-state index is 5.43. The van der Waals surface area contributed by atoms with Crippen molar-refractivity contribution in [2.75, 3.05) is 27.8 Å². The molecule has 8 nitrogen and oxygen atoms in total. The van der Waals surface area contributed by atoms with Crippen LogP contribution in [0.15, 0.2) is 47.6 Å². The number of halogens is 1. The van der Waals surface area contributed by atoms with E-state index in [4.69, 9.17) is 9.47 Å². The molecule has 2 heterocycles. The van der Waals surface area contributed by atoms with Crippen LogP contribution in [0, 0.1) is 0 Å². The maximum Gasteiger partial charge on any atom is 0.191 e. The van der Waals surface area contributed by atoms with Crippen molar-refractivity contribution < 1.29 is 9.47 Å². The van der Waals surface area contributed by atoms with Gasteiger partial charge in [0, 0.05) is 44.4 Å². The number of benzene rings is 1. The number of ether oxygens (including phenoxy) is 2.